The van der Waals surface area contributed by atoms with Gasteiger partial charge in [0.25, 0.3) is 0 Å². The Bertz CT molecular complexity index is 737. The lowest BCUT2D eigenvalue weighted by Crippen LogP contribution is -2.45. The van der Waals surface area contributed by atoms with Gasteiger partial charge in [-0.2, -0.15) is 0 Å². The molecule has 4 rings (SSSR count). The Hall–Kier alpha value is -1.44. The highest BCUT2D eigenvalue weighted by Crippen LogP contribution is 2.54. The Morgan fingerprint density at radius 2 is 1.86 bits per heavy atom. The molecule has 1 aliphatic heterocycles. The van der Waals surface area contributed by atoms with Crippen LogP contribution in [0.1, 0.15) is 96.1 Å². The minimum atomic E-state index is -0.188. The standard InChI is InChI=1S/C26H38O2/c1-17-11-12-22-21(13-17)25-23(27)15-19(16-24(25)28-26(22,3)4)14-18(2)20-9-7-5-6-8-10-20/h11,15-16,18,20-22,27H,5-10,12-14H2,1-4H3. The molecule has 0 aromatic heterocycles. The highest BCUT2D eigenvalue weighted by atomic mass is 16.5. The molecule has 1 heterocycles. The van der Waals surface area contributed by atoms with E-state index in [4.69, 9.17) is 4.74 Å². The largest absolute Gasteiger partial charge is 0.508 e. The van der Waals surface area contributed by atoms with E-state index in [1.165, 1.54) is 49.7 Å². The van der Waals surface area contributed by atoms with Gasteiger partial charge in [-0.25, -0.2) is 0 Å². The summed E-state index contributed by atoms with van der Waals surface area (Å²) in [6, 6.07) is 4.28. The molecule has 1 aromatic rings. The number of rotatable bonds is 3. The van der Waals surface area contributed by atoms with Gasteiger partial charge in [0.1, 0.15) is 17.1 Å². The lowest BCUT2D eigenvalue weighted by molar-refractivity contribution is 0.00750. The third kappa shape index (κ3) is 3.84. The van der Waals surface area contributed by atoms with E-state index in [1.54, 1.807) is 0 Å². The van der Waals surface area contributed by atoms with Gasteiger partial charge in [0, 0.05) is 17.4 Å². The van der Waals surface area contributed by atoms with Crippen LogP contribution in [0.4, 0.5) is 0 Å². The maximum absolute atomic E-state index is 11.0. The van der Waals surface area contributed by atoms with Crippen molar-refractivity contribution in [2.24, 2.45) is 17.8 Å². The second kappa shape index (κ2) is 7.76. The van der Waals surface area contributed by atoms with E-state index < -0.39 is 0 Å². The van der Waals surface area contributed by atoms with Crippen LogP contribution in [0.2, 0.25) is 0 Å². The number of allylic oxidation sites excluding steroid dienone is 2. The summed E-state index contributed by atoms with van der Waals surface area (Å²) in [4.78, 5) is 0. The van der Waals surface area contributed by atoms with Gasteiger partial charge in [-0.3, -0.25) is 0 Å². The minimum Gasteiger partial charge on any atom is -0.508 e. The predicted octanol–water partition coefficient (Wildman–Crippen LogP) is 7.15. The Kier molecular flexibility index (Phi) is 5.51. The highest BCUT2D eigenvalue weighted by Gasteiger charge is 2.45. The molecule has 1 fully saturated rings. The van der Waals surface area contributed by atoms with E-state index in [9.17, 15) is 5.11 Å². The van der Waals surface area contributed by atoms with Gasteiger partial charge in [-0.1, -0.05) is 57.1 Å². The smallest absolute Gasteiger partial charge is 0.127 e. The summed E-state index contributed by atoms with van der Waals surface area (Å²) in [5.41, 5.74) is 3.55. The maximum atomic E-state index is 11.0. The monoisotopic (exact) mass is 382 g/mol. The molecule has 0 amide bonds. The van der Waals surface area contributed by atoms with Gasteiger partial charge in [0.05, 0.1) is 0 Å². The summed E-state index contributed by atoms with van der Waals surface area (Å²) in [7, 11) is 0. The van der Waals surface area contributed by atoms with E-state index in [1.807, 2.05) is 6.07 Å². The number of phenols is 1. The molecule has 154 valence electrons. The molecule has 1 aromatic carbocycles. The van der Waals surface area contributed by atoms with Crippen LogP contribution in [-0.4, -0.2) is 10.7 Å². The third-order valence-electron chi connectivity index (χ3n) is 7.83. The van der Waals surface area contributed by atoms with Crippen molar-refractivity contribution in [3.8, 4) is 11.5 Å². The first kappa shape index (κ1) is 19.9. The first-order valence-corrected chi connectivity index (χ1v) is 11.6. The van der Waals surface area contributed by atoms with E-state index in [0.717, 1.165) is 36.5 Å². The Labute approximate surface area is 171 Å². The maximum Gasteiger partial charge on any atom is 0.127 e. The van der Waals surface area contributed by atoms with Crippen LogP contribution < -0.4 is 4.74 Å². The fourth-order valence-corrected chi connectivity index (χ4v) is 6.16. The van der Waals surface area contributed by atoms with Gasteiger partial charge >= 0.3 is 0 Å². The van der Waals surface area contributed by atoms with Crippen molar-refractivity contribution < 1.29 is 9.84 Å². The van der Waals surface area contributed by atoms with Crippen LogP contribution in [-0.2, 0) is 6.42 Å². The molecule has 2 nitrogen and oxygen atoms in total. The molecule has 3 atom stereocenters. The second-order valence-electron chi connectivity index (χ2n) is 10.4. The zero-order chi connectivity index (χ0) is 19.9. The Morgan fingerprint density at radius 3 is 2.57 bits per heavy atom. The van der Waals surface area contributed by atoms with Crippen molar-refractivity contribution in [2.75, 3.05) is 0 Å². The summed E-state index contributed by atoms with van der Waals surface area (Å²) in [6.07, 6.45) is 13.8. The SMILES string of the molecule is CC1=CCC2C(C1)c1c(O)cc(CC(C)C3CCCCCC3)cc1OC2(C)C. The Morgan fingerprint density at radius 1 is 1.14 bits per heavy atom. The zero-order valence-electron chi connectivity index (χ0n) is 18.3. The molecule has 0 radical (unpaired) electrons. The number of phenolic OH excluding ortho intramolecular Hbond substituents is 1. The summed E-state index contributed by atoms with van der Waals surface area (Å²) >= 11 is 0. The second-order valence-corrected chi connectivity index (χ2v) is 10.4. The van der Waals surface area contributed by atoms with Crippen molar-refractivity contribution in [1.82, 2.24) is 0 Å². The molecule has 3 unspecified atom stereocenters. The Balaban J connectivity index is 1.60. The van der Waals surface area contributed by atoms with Gasteiger partial charge in [-0.05, 0) is 69.6 Å². The van der Waals surface area contributed by atoms with Crippen LogP contribution in [0.3, 0.4) is 0 Å². The minimum absolute atomic E-state index is 0.188. The summed E-state index contributed by atoms with van der Waals surface area (Å²) in [5, 5.41) is 11.0. The average molecular weight is 383 g/mol. The predicted molar refractivity (Wildman–Crippen MR) is 116 cm³/mol. The van der Waals surface area contributed by atoms with Crippen LogP contribution >= 0.6 is 0 Å². The normalized spacial score (nSPS) is 28.4. The first-order chi connectivity index (χ1) is 13.3. The molecule has 1 N–H and O–H groups in total. The van der Waals surface area contributed by atoms with Gasteiger partial charge in [0.2, 0.25) is 0 Å². The third-order valence-corrected chi connectivity index (χ3v) is 7.83. The zero-order valence-corrected chi connectivity index (χ0v) is 18.3. The van der Waals surface area contributed by atoms with Crippen LogP contribution in [0.15, 0.2) is 23.8 Å². The number of benzene rings is 1. The highest BCUT2D eigenvalue weighted by molar-refractivity contribution is 5.52. The van der Waals surface area contributed by atoms with Gasteiger partial charge < -0.3 is 9.84 Å². The molecule has 0 bridgehead atoms. The quantitative estimate of drug-likeness (QED) is 0.444. The van der Waals surface area contributed by atoms with Crippen molar-refractivity contribution in [2.45, 2.75) is 97.0 Å². The molecule has 2 heteroatoms. The van der Waals surface area contributed by atoms with Crippen LogP contribution in [0.25, 0.3) is 0 Å². The molecule has 28 heavy (non-hydrogen) atoms. The van der Waals surface area contributed by atoms with Crippen LogP contribution in [0, 0.1) is 17.8 Å². The summed E-state index contributed by atoms with van der Waals surface area (Å²) < 4.78 is 6.50. The number of fused-ring (bicyclic) bond motifs is 3. The van der Waals surface area contributed by atoms with E-state index in [2.05, 4.69) is 39.8 Å². The van der Waals surface area contributed by atoms with Crippen molar-refractivity contribution >= 4 is 0 Å². The van der Waals surface area contributed by atoms with E-state index >= 15 is 0 Å². The lowest BCUT2D eigenvalue weighted by Gasteiger charge is -2.47. The van der Waals surface area contributed by atoms with Crippen LogP contribution in [0.5, 0.6) is 11.5 Å². The number of aromatic hydroxyl groups is 1. The molecule has 1 saturated carbocycles. The molecule has 3 aliphatic rings. The first-order valence-electron chi connectivity index (χ1n) is 11.6. The van der Waals surface area contributed by atoms with E-state index in [-0.39, 0.29) is 5.60 Å². The fraction of sp³-hybridized carbons (Fsp3) is 0.692. The number of hydrogen-bond acceptors (Lipinski definition) is 2. The van der Waals surface area contributed by atoms with Crippen molar-refractivity contribution in [3.63, 3.8) is 0 Å². The molecule has 0 saturated heterocycles. The molecule has 2 aliphatic carbocycles. The average Bonchev–Trinajstić information content (AvgIpc) is 2.89. The molecular formula is C26H38O2. The van der Waals surface area contributed by atoms with Gasteiger partial charge in [-0.15, -0.1) is 0 Å². The summed E-state index contributed by atoms with van der Waals surface area (Å²) in [5.74, 6) is 3.69. The number of ether oxygens (including phenoxy) is 1. The van der Waals surface area contributed by atoms with Gasteiger partial charge in [0.15, 0.2) is 0 Å². The van der Waals surface area contributed by atoms with Crippen molar-refractivity contribution in [1.29, 1.82) is 0 Å². The number of hydrogen-bond donors (Lipinski definition) is 1. The lowest BCUT2D eigenvalue weighted by atomic mass is 9.67. The molecule has 0 spiro atoms. The van der Waals surface area contributed by atoms with Crippen molar-refractivity contribution in [3.05, 3.63) is 34.9 Å². The topological polar surface area (TPSA) is 29.5 Å². The molecular weight excluding hydrogens is 344 g/mol. The van der Waals surface area contributed by atoms with E-state index in [0.29, 0.717) is 23.5 Å². The fourth-order valence-electron chi connectivity index (χ4n) is 6.16. The summed E-state index contributed by atoms with van der Waals surface area (Å²) in [6.45, 7) is 9.07.